The van der Waals surface area contributed by atoms with Crippen molar-refractivity contribution in [3.05, 3.63) is 39.9 Å². The van der Waals surface area contributed by atoms with Crippen LogP contribution < -0.4 is 0 Å². The summed E-state index contributed by atoms with van der Waals surface area (Å²) in [5.74, 6) is 0.0373. The van der Waals surface area contributed by atoms with Gasteiger partial charge in [0.25, 0.3) is 5.69 Å². The molecule has 0 N–H and O–H groups in total. The molecule has 5 heteroatoms. The average molecular weight is 262 g/mol. The fourth-order valence-corrected chi connectivity index (χ4v) is 2.16. The first-order chi connectivity index (χ1) is 9.11. The van der Waals surface area contributed by atoms with E-state index in [1.165, 1.54) is 37.1 Å². The van der Waals surface area contributed by atoms with E-state index < -0.39 is 4.92 Å². The lowest BCUT2D eigenvalue weighted by molar-refractivity contribution is -0.384. The largest absolute Gasteiger partial charge is 0.293 e. The zero-order valence-electron chi connectivity index (χ0n) is 11.0. The Labute approximate surface area is 112 Å². The predicted molar refractivity (Wildman–Crippen MR) is 72.3 cm³/mol. The van der Waals surface area contributed by atoms with Crippen LogP contribution in [0.2, 0.25) is 0 Å². The molecule has 1 aromatic rings. The Kier molecular flexibility index (Phi) is 4.27. The van der Waals surface area contributed by atoms with E-state index in [9.17, 15) is 14.9 Å². The number of hydrogen-bond donors (Lipinski definition) is 0. The molecular weight excluding hydrogens is 244 g/mol. The van der Waals surface area contributed by atoms with Gasteiger partial charge in [-0.05, 0) is 37.9 Å². The Hall–Kier alpha value is -1.75. The van der Waals surface area contributed by atoms with Crippen molar-refractivity contribution in [3.8, 4) is 0 Å². The molecule has 0 saturated heterocycles. The number of nitrogens with zero attached hydrogens (tertiary/aromatic N) is 2. The smallest absolute Gasteiger partial charge is 0.269 e. The lowest BCUT2D eigenvalue weighted by Gasteiger charge is -2.20. The summed E-state index contributed by atoms with van der Waals surface area (Å²) in [7, 11) is 0. The highest BCUT2D eigenvalue weighted by molar-refractivity contribution is 5.97. The van der Waals surface area contributed by atoms with Crippen molar-refractivity contribution in [2.24, 2.45) is 0 Å². The normalized spacial score (nSPS) is 14.6. The van der Waals surface area contributed by atoms with E-state index >= 15 is 0 Å². The third-order valence-corrected chi connectivity index (χ3v) is 3.32. The van der Waals surface area contributed by atoms with Crippen LogP contribution in [0.25, 0.3) is 0 Å². The first-order valence-corrected chi connectivity index (χ1v) is 6.63. The van der Waals surface area contributed by atoms with Gasteiger partial charge < -0.3 is 0 Å². The number of rotatable bonds is 7. The molecule has 0 spiro atoms. The second kappa shape index (κ2) is 5.93. The van der Waals surface area contributed by atoms with Gasteiger partial charge in [-0.2, -0.15) is 0 Å². The first kappa shape index (κ1) is 13.7. The van der Waals surface area contributed by atoms with Crippen LogP contribution in [0.1, 0.15) is 36.5 Å². The van der Waals surface area contributed by atoms with E-state index in [4.69, 9.17) is 0 Å². The fraction of sp³-hybridized carbons (Fsp3) is 0.500. The minimum Gasteiger partial charge on any atom is -0.293 e. The predicted octanol–water partition coefficient (Wildman–Crippen LogP) is 2.65. The monoisotopic (exact) mass is 262 g/mol. The summed E-state index contributed by atoms with van der Waals surface area (Å²) in [6.07, 6.45) is 3.38. The van der Waals surface area contributed by atoms with Crippen molar-refractivity contribution in [2.45, 2.75) is 32.2 Å². The number of Topliss-reactive ketones (excluding diaryl/α,β-unsaturated/α-hetero) is 1. The second-order valence-electron chi connectivity index (χ2n) is 4.93. The summed E-state index contributed by atoms with van der Waals surface area (Å²) in [6.45, 7) is 3.45. The zero-order chi connectivity index (χ0) is 13.8. The van der Waals surface area contributed by atoms with E-state index in [1.54, 1.807) is 0 Å². The highest BCUT2D eigenvalue weighted by Gasteiger charge is 2.29. The van der Waals surface area contributed by atoms with Crippen LogP contribution in [0.5, 0.6) is 0 Å². The molecule has 0 unspecified atom stereocenters. The summed E-state index contributed by atoms with van der Waals surface area (Å²) in [4.78, 5) is 24.4. The van der Waals surface area contributed by atoms with Gasteiger partial charge in [-0.3, -0.25) is 19.8 Å². The van der Waals surface area contributed by atoms with Crippen LogP contribution in [-0.2, 0) is 0 Å². The van der Waals surface area contributed by atoms with Crippen molar-refractivity contribution < 1.29 is 9.72 Å². The third-order valence-electron chi connectivity index (χ3n) is 3.32. The van der Waals surface area contributed by atoms with Crippen LogP contribution in [0.3, 0.4) is 0 Å². The number of carbonyl (C=O) groups is 1. The zero-order valence-corrected chi connectivity index (χ0v) is 11.0. The molecule has 0 bridgehead atoms. The third kappa shape index (κ3) is 3.61. The standard InChI is InChI=1S/C14H18N2O3/c1-2-9-15(12-7-8-12)10-14(17)11-3-5-13(6-4-11)16(18)19/h3-6,12H,2,7-10H2,1H3. The van der Waals surface area contributed by atoms with Crippen molar-refractivity contribution in [1.29, 1.82) is 0 Å². The highest BCUT2D eigenvalue weighted by Crippen LogP contribution is 2.27. The summed E-state index contributed by atoms with van der Waals surface area (Å²) >= 11 is 0. The summed E-state index contributed by atoms with van der Waals surface area (Å²) in [6, 6.07) is 6.40. The minimum absolute atomic E-state index is 0.0177. The summed E-state index contributed by atoms with van der Waals surface area (Å²) < 4.78 is 0. The molecule has 1 saturated carbocycles. The van der Waals surface area contributed by atoms with E-state index in [-0.39, 0.29) is 11.5 Å². The Morgan fingerprint density at radius 1 is 1.37 bits per heavy atom. The lowest BCUT2D eigenvalue weighted by atomic mass is 10.1. The van der Waals surface area contributed by atoms with E-state index in [2.05, 4.69) is 11.8 Å². The average Bonchev–Trinajstić information content (AvgIpc) is 3.22. The molecule has 0 aliphatic heterocycles. The molecule has 19 heavy (non-hydrogen) atoms. The molecule has 0 radical (unpaired) electrons. The number of nitro benzene ring substituents is 1. The van der Waals surface area contributed by atoms with Crippen LogP contribution in [-0.4, -0.2) is 34.7 Å². The van der Waals surface area contributed by atoms with Gasteiger partial charge in [-0.25, -0.2) is 0 Å². The molecule has 0 amide bonds. The second-order valence-corrected chi connectivity index (χ2v) is 4.93. The molecule has 0 aromatic heterocycles. The molecule has 1 aliphatic rings. The molecule has 0 atom stereocenters. The molecule has 5 nitrogen and oxygen atoms in total. The van der Waals surface area contributed by atoms with Gasteiger partial charge in [0.05, 0.1) is 11.5 Å². The highest BCUT2D eigenvalue weighted by atomic mass is 16.6. The SMILES string of the molecule is CCCN(CC(=O)c1ccc([N+](=O)[O-])cc1)C1CC1. The fourth-order valence-electron chi connectivity index (χ4n) is 2.16. The number of benzene rings is 1. The van der Waals surface area contributed by atoms with Gasteiger partial charge in [0.1, 0.15) is 0 Å². The Bertz CT molecular complexity index is 466. The van der Waals surface area contributed by atoms with Crippen molar-refractivity contribution in [2.75, 3.05) is 13.1 Å². The van der Waals surface area contributed by atoms with Gasteiger partial charge >= 0.3 is 0 Å². The number of non-ortho nitro benzene ring substituents is 1. The molecule has 102 valence electrons. The molecule has 1 aliphatic carbocycles. The van der Waals surface area contributed by atoms with Crippen molar-refractivity contribution >= 4 is 11.5 Å². The van der Waals surface area contributed by atoms with Gasteiger partial charge in [0.2, 0.25) is 0 Å². The molecule has 1 fully saturated rings. The van der Waals surface area contributed by atoms with Crippen LogP contribution in [0.15, 0.2) is 24.3 Å². The Balaban J connectivity index is 2.00. The van der Waals surface area contributed by atoms with E-state index in [0.29, 0.717) is 18.2 Å². The maximum Gasteiger partial charge on any atom is 0.269 e. The number of carbonyl (C=O) groups excluding carboxylic acids is 1. The molecule has 2 rings (SSSR count). The van der Waals surface area contributed by atoms with E-state index in [1.807, 2.05) is 0 Å². The number of hydrogen-bond acceptors (Lipinski definition) is 4. The van der Waals surface area contributed by atoms with Crippen molar-refractivity contribution in [3.63, 3.8) is 0 Å². The van der Waals surface area contributed by atoms with Gasteiger partial charge in [-0.1, -0.05) is 6.92 Å². The molecular formula is C14H18N2O3. The Morgan fingerprint density at radius 2 is 2.00 bits per heavy atom. The quantitative estimate of drug-likeness (QED) is 0.430. The van der Waals surface area contributed by atoms with Gasteiger partial charge in [0.15, 0.2) is 5.78 Å². The first-order valence-electron chi connectivity index (χ1n) is 6.63. The minimum atomic E-state index is -0.457. The Morgan fingerprint density at radius 3 is 2.47 bits per heavy atom. The summed E-state index contributed by atoms with van der Waals surface area (Å²) in [5, 5.41) is 10.6. The van der Waals surface area contributed by atoms with Crippen LogP contribution in [0.4, 0.5) is 5.69 Å². The van der Waals surface area contributed by atoms with Crippen molar-refractivity contribution in [1.82, 2.24) is 4.90 Å². The van der Waals surface area contributed by atoms with Crippen LogP contribution >= 0.6 is 0 Å². The maximum atomic E-state index is 12.1. The maximum absolute atomic E-state index is 12.1. The number of ketones is 1. The van der Waals surface area contributed by atoms with Gasteiger partial charge in [0, 0.05) is 23.7 Å². The number of nitro groups is 1. The topological polar surface area (TPSA) is 63.5 Å². The van der Waals surface area contributed by atoms with Crippen LogP contribution in [0, 0.1) is 10.1 Å². The van der Waals surface area contributed by atoms with E-state index in [0.717, 1.165) is 13.0 Å². The molecule has 1 aromatic carbocycles. The van der Waals surface area contributed by atoms with Gasteiger partial charge in [-0.15, -0.1) is 0 Å². The lowest BCUT2D eigenvalue weighted by Crippen LogP contribution is -2.32. The summed E-state index contributed by atoms with van der Waals surface area (Å²) in [5.41, 5.74) is 0.566. The molecule has 0 heterocycles.